The molecular weight excluding hydrogens is 216 g/mol. The van der Waals surface area contributed by atoms with Crippen LogP contribution in [0, 0.1) is 0 Å². The molecule has 3 aromatic carbocycles. The van der Waals surface area contributed by atoms with Gasteiger partial charge in [0.15, 0.2) is 0 Å². The van der Waals surface area contributed by atoms with E-state index in [4.69, 9.17) is 0 Å². The third-order valence-corrected chi connectivity index (χ3v) is 3.64. The summed E-state index contributed by atoms with van der Waals surface area (Å²) in [4.78, 5) is 0. The van der Waals surface area contributed by atoms with Gasteiger partial charge in [0, 0.05) is 0 Å². The highest BCUT2D eigenvalue weighted by atomic mass is 14.3. The standard InChI is InChI=1S/C18H12/c1-2-7-13(8-3-1)14-11-6-12-17-15-9-4-5-10-16(15)18(14)17/h1-12H. The molecule has 0 unspecified atom stereocenters. The van der Waals surface area contributed by atoms with Crippen molar-refractivity contribution >= 4 is 0 Å². The number of rotatable bonds is 1. The summed E-state index contributed by atoms with van der Waals surface area (Å²) in [7, 11) is 0. The highest BCUT2D eigenvalue weighted by Gasteiger charge is 2.24. The Balaban J connectivity index is 1.98. The van der Waals surface area contributed by atoms with Gasteiger partial charge in [-0.2, -0.15) is 0 Å². The van der Waals surface area contributed by atoms with Crippen LogP contribution in [0.2, 0.25) is 0 Å². The zero-order valence-electron chi connectivity index (χ0n) is 9.93. The molecular formula is C18H12. The Hall–Kier alpha value is -2.34. The van der Waals surface area contributed by atoms with E-state index in [2.05, 4.69) is 72.8 Å². The van der Waals surface area contributed by atoms with Crippen molar-refractivity contribution in [3.05, 3.63) is 72.8 Å². The van der Waals surface area contributed by atoms with Gasteiger partial charge in [-0.3, -0.25) is 0 Å². The fraction of sp³-hybridized carbons (Fsp3) is 0. The van der Waals surface area contributed by atoms with E-state index in [1.165, 1.54) is 33.4 Å². The van der Waals surface area contributed by atoms with E-state index in [1.807, 2.05) is 0 Å². The van der Waals surface area contributed by atoms with Crippen molar-refractivity contribution in [3.8, 4) is 33.4 Å². The minimum absolute atomic E-state index is 1.30. The molecule has 0 fully saturated rings. The molecule has 1 aliphatic carbocycles. The third-order valence-electron chi connectivity index (χ3n) is 3.64. The lowest BCUT2D eigenvalue weighted by Gasteiger charge is -2.26. The number of hydrogen-bond acceptors (Lipinski definition) is 0. The van der Waals surface area contributed by atoms with Crippen molar-refractivity contribution in [1.29, 1.82) is 0 Å². The molecule has 18 heavy (non-hydrogen) atoms. The molecule has 0 amide bonds. The summed E-state index contributed by atoms with van der Waals surface area (Å²) < 4.78 is 0. The minimum atomic E-state index is 1.30. The zero-order chi connectivity index (χ0) is 11.9. The molecule has 0 atom stereocenters. The van der Waals surface area contributed by atoms with Crippen LogP contribution in [0.1, 0.15) is 0 Å². The first kappa shape index (κ1) is 9.67. The van der Waals surface area contributed by atoms with Crippen LogP contribution in [0.5, 0.6) is 0 Å². The monoisotopic (exact) mass is 228 g/mol. The number of hydrogen-bond donors (Lipinski definition) is 0. The van der Waals surface area contributed by atoms with Crippen molar-refractivity contribution < 1.29 is 0 Å². The molecule has 4 rings (SSSR count). The maximum absolute atomic E-state index is 2.21. The van der Waals surface area contributed by atoms with Crippen LogP contribution in [0.15, 0.2) is 72.8 Å². The van der Waals surface area contributed by atoms with E-state index >= 15 is 0 Å². The van der Waals surface area contributed by atoms with Gasteiger partial charge in [0.05, 0.1) is 0 Å². The normalized spacial score (nSPS) is 11.3. The summed E-state index contributed by atoms with van der Waals surface area (Å²) in [6.07, 6.45) is 0. The van der Waals surface area contributed by atoms with Gasteiger partial charge >= 0.3 is 0 Å². The van der Waals surface area contributed by atoms with Gasteiger partial charge in [0.25, 0.3) is 0 Å². The van der Waals surface area contributed by atoms with E-state index < -0.39 is 0 Å². The number of fused-ring (bicyclic) bond motifs is 4. The average Bonchev–Trinajstić information content (AvgIpc) is 2.45. The van der Waals surface area contributed by atoms with E-state index in [1.54, 1.807) is 0 Å². The highest BCUT2D eigenvalue weighted by molar-refractivity contribution is 6.08. The zero-order valence-corrected chi connectivity index (χ0v) is 9.93. The van der Waals surface area contributed by atoms with Gasteiger partial charge in [-0.25, -0.2) is 0 Å². The predicted molar refractivity (Wildman–Crippen MR) is 76.3 cm³/mol. The molecule has 0 aliphatic heterocycles. The number of benzene rings is 3. The van der Waals surface area contributed by atoms with Crippen LogP contribution in [-0.2, 0) is 0 Å². The van der Waals surface area contributed by atoms with E-state index in [-0.39, 0.29) is 0 Å². The summed E-state index contributed by atoms with van der Waals surface area (Å²) in [6, 6.07) is 25.8. The second-order valence-electron chi connectivity index (χ2n) is 4.64. The Kier molecular flexibility index (Phi) is 1.92. The smallest absolute Gasteiger partial charge is 0.00204 e. The van der Waals surface area contributed by atoms with Crippen LogP contribution in [-0.4, -0.2) is 0 Å². The first-order valence-electron chi connectivity index (χ1n) is 6.23. The largest absolute Gasteiger partial charge is 0.0622 e. The van der Waals surface area contributed by atoms with E-state index in [0.717, 1.165) is 0 Å². The van der Waals surface area contributed by atoms with Crippen LogP contribution >= 0.6 is 0 Å². The summed E-state index contributed by atoms with van der Waals surface area (Å²) in [6.45, 7) is 0. The van der Waals surface area contributed by atoms with Crippen LogP contribution in [0.4, 0.5) is 0 Å². The molecule has 0 saturated heterocycles. The lowest BCUT2D eigenvalue weighted by Crippen LogP contribution is -2.00. The predicted octanol–water partition coefficient (Wildman–Crippen LogP) is 5.00. The quantitative estimate of drug-likeness (QED) is 0.430. The van der Waals surface area contributed by atoms with E-state index in [9.17, 15) is 0 Å². The van der Waals surface area contributed by atoms with Gasteiger partial charge in [-0.15, -0.1) is 0 Å². The molecule has 0 nitrogen and oxygen atoms in total. The van der Waals surface area contributed by atoms with Crippen molar-refractivity contribution in [2.24, 2.45) is 0 Å². The van der Waals surface area contributed by atoms with E-state index in [0.29, 0.717) is 0 Å². The van der Waals surface area contributed by atoms with Gasteiger partial charge in [0.2, 0.25) is 0 Å². The summed E-state index contributed by atoms with van der Waals surface area (Å²) in [5.41, 5.74) is 8.18. The second kappa shape index (κ2) is 3.58. The third kappa shape index (κ3) is 1.20. The van der Waals surface area contributed by atoms with Crippen molar-refractivity contribution in [3.63, 3.8) is 0 Å². The lowest BCUT2D eigenvalue weighted by molar-refractivity contribution is 1.51. The van der Waals surface area contributed by atoms with Crippen LogP contribution in [0.25, 0.3) is 33.4 Å². The van der Waals surface area contributed by atoms with Gasteiger partial charge in [-0.05, 0) is 33.4 Å². The van der Waals surface area contributed by atoms with Gasteiger partial charge < -0.3 is 0 Å². The Morgan fingerprint density at radius 2 is 1.00 bits per heavy atom. The maximum atomic E-state index is 2.21. The Labute approximate surface area is 107 Å². The average molecular weight is 228 g/mol. The fourth-order valence-corrected chi connectivity index (χ4v) is 2.80. The van der Waals surface area contributed by atoms with Gasteiger partial charge in [-0.1, -0.05) is 72.8 Å². The van der Waals surface area contributed by atoms with Crippen LogP contribution < -0.4 is 0 Å². The van der Waals surface area contributed by atoms with Crippen molar-refractivity contribution in [2.75, 3.05) is 0 Å². The van der Waals surface area contributed by atoms with Crippen LogP contribution in [0.3, 0.4) is 0 Å². The SMILES string of the molecule is c1ccc(-c2cccc3c2-c2ccccc2-3)cc1. The maximum Gasteiger partial charge on any atom is -0.00204 e. The fourth-order valence-electron chi connectivity index (χ4n) is 2.80. The highest BCUT2D eigenvalue weighted by Crippen LogP contribution is 2.51. The Morgan fingerprint density at radius 1 is 0.389 bits per heavy atom. The first-order chi connectivity index (χ1) is 8.95. The molecule has 0 spiro atoms. The molecule has 0 aromatic heterocycles. The first-order valence-corrected chi connectivity index (χ1v) is 6.23. The summed E-state index contributed by atoms with van der Waals surface area (Å²) in [5.74, 6) is 0. The molecule has 0 bridgehead atoms. The summed E-state index contributed by atoms with van der Waals surface area (Å²) in [5, 5.41) is 0. The lowest BCUT2D eigenvalue weighted by atomic mass is 9.77. The van der Waals surface area contributed by atoms with Crippen molar-refractivity contribution in [2.45, 2.75) is 0 Å². The molecule has 0 N–H and O–H groups in total. The van der Waals surface area contributed by atoms with Crippen molar-refractivity contribution in [1.82, 2.24) is 0 Å². The topological polar surface area (TPSA) is 0 Å². The minimum Gasteiger partial charge on any atom is -0.0622 e. The molecule has 0 heteroatoms. The Morgan fingerprint density at radius 3 is 1.83 bits per heavy atom. The summed E-state index contributed by atoms with van der Waals surface area (Å²) >= 11 is 0. The molecule has 0 saturated carbocycles. The van der Waals surface area contributed by atoms with Gasteiger partial charge in [0.1, 0.15) is 0 Å². The molecule has 1 aliphatic rings. The molecule has 0 radical (unpaired) electrons. The molecule has 3 aromatic rings. The molecule has 84 valence electrons. The second-order valence-corrected chi connectivity index (χ2v) is 4.64. The Bertz CT molecular complexity index is 709. The molecule has 0 heterocycles.